The van der Waals surface area contributed by atoms with Gasteiger partial charge in [-0.15, -0.1) is 0 Å². The summed E-state index contributed by atoms with van der Waals surface area (Å²) in [6.45, 7) is 0. The number of ether oxygens (including phenoxy) is 1. The van der Waals surface area contributed by atoms with Gasteiger partial charge >= 0.3 is 5.97 Å². The quantitative estimate of drug-likeness (QED) is 0.448. The number of rotatable bonds is 2. The number of benzene rings is 2. The van der Waals surface area contributed by atoms with E-state index in [-0.39, 0.29) is 17.2 Å². The molecule has 2 aromatic rings. The summed E-state index contributed by atoms with van der Waals surface area (Å²) in [6, 6.07) is 11.4. The molecule has 6 nitrogen and oxygen atoms in total. The number of nitrogens with zero attached hydrogens (tertiary/aromatic N) is 1. The summed E-state index contributed by atoms with van der Waals surface area (Å²) in [7, 11) is 0. The van der Waals surface area contributed by atoms with Gasteiger partial charge in [0, 0.05) is 11.1 Å². The molecule has 0 aromatic heterocycles. The monoisotopic (exact) mass is 297 g/mol. The molecule has 1 heterocycles. The zero-order valence-electron chi connectivity index (χ0n) is 11.2. The average Bonchev–Trinajstić information content (AvgIpc) is 2.90. The maximum Gasteiger partial charge on any atom is 0.363 e. The third-order valence-electron chi connectivity index (χ3n) is 3.09. The van der Waals surface area contributed by atoms with Crippen LogP contribution in [0.5, 0.6) is 17.2 Å². The smallest absolute Gasteiger partial charge is 0.363 e. The Kier molecular flexibility index (Phi) is 3.27. The topological polar surface area (TPSA) is 99.4 Å². The maximum atomic E-state index is 11.8. The first kappa shape index (κ1) is 13.7. The Labute approximate surface area is 125 Å². The molecule has 0 aliphatic carbocycles. The van der Waals surface area contributed by atoms with E-state index in [0.717, 1.165) is 0 Å². The summed E-state index contributed by atoms with van der Waals surface area (Å²) in [4.78, 5) is 15.9. The number of carbonyl (C=O) groups is 1. The number of phenolic OH excluding ortho intramolecular Hbond substituents is 3. The van der Waals surface area contributed by atoms with E-state index in [2.05, 4.69) is 4.99 Å². The van der Waals surface area contributed by atoms with Crippen molar-refractivity contribution >= 4 is 17.9 Å². The van der Waals surface area contributed by atoms with Crippen LogP contribution in [-0.4, -0.2) is 27.2 Å². The van der Waals surface area contributed by atoms with Crippen LogP contribution < -0.4 is 0 Å². The molecule has 110 valence electrons. The second-order valence-electron chi connectivity index (χ2n) is 4.57. The fourth-order valence-electron chi connectivity index (χ4n) is 1.96. The molecule has 0 saturated heterocycles. The molecule has 0 atom stereocenters. The number of aliphatic imine (C=N–C) groups is 1. The Hall–Kier alpha value is -3.28. The van der Waals surface area contributed by atoms with Crippen molar-refractivity contribution in [2.24, 2.45) is 4.99 Å². The van der Waals surface area contributed by atoms with Gasteiger partial charge in [0.2, 0.25) is 11.6 Å². The minimum atomic E-state index is -0.661. The van der Waals surface area contributed by atoms with Gasteiger partial charge in [-0.3, -0.25) is 0 Å². The van der Waals surface area contributed by atoms with Crippen molar-refractivity contribution in [1.29, 1.82) is 0 Å². The highest BCUT2D eigenvalue weighted by Gasteiger charge is 2.24. The summed E-state index contributed by atoms with van der Waals surface area (Å²) >= 11 is 0. The number of aromatic hydroxyl groups is 3. The standard InChI is InChI=1S/C16H11NO5/c18-12-7-6-10(13(19)14(12)20)8-11-16(21)22-15(17-11)9-4-2-1-3-5-9/h1-8,18-20H. The zero-order valence-corrected chi connectivity index (χ0v) is 11.2. The molecule has 0 radical (unpaired) electrons. The van der Waals surface area contributed by atoms with Crippen molar-refractivity contribution in [3.8, 4) is 17.2 Å². The van der Waals surface area contributed by atoms with Gasteiger partial charge in [0.25, 0.3) is 0 Å². The number of carbonyl (C=O) groups excluding carboxylic acids is 1. The van der Waals surface area contributed by atoms with Gasteiger partial charge in [0.1, 0.15) is 0 Å². The Morgan fingerprint density at radius 3 is 2.41 bits per heavy atom. The van der Waals surface area contributed by atoms with Crippen molar-refractivity contribution in [2.75, 3.05) is 0 Å². The fraction of sp³-hybridized carbons (Fsp3) is 0. The number of hydrogen-bond donors (Lipinski definition) is 3. The summed E-state index contributed by atoms with van der Waals surface area (Å²) in [5, 5.41) is 28.5. The van der Waals surface area contributed by atoms with Gasteiger partial charge in [-0.05, 0) is 30.3 Å². The SMILES string of the molecule is O=C1OC(c2ccccc2)=NC1=Cc1ccc(O)c(O)c1O. The summed E-state index contributed by atoms with van der Waals surface area (Å²) in [6.07, 6.45) is 1.27. The van der Waals surface area contributed by atoms with Gasteiger partial charge in [-0.1, -0.05) is 18.2 Å². The van der Waals surface area contributed by atoms with Crippen molar-refractivity contribution < 1.29 is 24.9 Å². The minimum absolute atomic E-state index is 0.0146. The highest BCUT2D eigenvalue weighted by molar-refractivity contribution is 6.12. The summed E-state index contributed by atoms with van der Waals surface area (Å²) in [5.74, 6) is -2.15. The molecule has 2 aromatic carbocycles. The first-order chi connectivity index (χ1) is 10.6. The number of cyclic esters (lactones) is 1. The zero-order chi connectivity index (χ0) is 15.7. The lowest BCUT2D eigenvalue weighted by molar-refractivity contribution is -0.129. The van der Waals surface area contributed by atoms with Crippen LogP contribution in [0.15, 0.2) is 53.2 Å². The van der Waals surface area contributed by atoms with Gasteiger partial charge in [0.05, 0.1) is 0 Å². The third-order valence-corrected chi connectivity index (χ3v) is 3.09. The van der Waals surface area contributed by atoms with Crippen molar-refractivity contribution in [2.45, 2.75) is 0 Å². The average molecular weight is 297 g/mol. The lowest BCUT2D eigenvalue weighted by atomic mass is 10.1. The van der Waals surface area contributed by atoms with Crippen LogP contribution >= 0.6 is 0 Å². The third kappa shape index (κ3) is 2.37. The predicted octanol–water partition coefficient (Wildman–Crippen LogP) is 2.15. The van der Waals surface area contributed by atoms with Crippen LogP contribution in [0.1, 0.15) is 11.1 Å². The molecule has 1 aliphatic heterocycles. The molecular formula is C16H11NO5. The van der Waals surface area contributed by atoms with Crippen LogP contribution in [0.3, 0.4) is 0 Å². The van der Waals surface area contributed by atoms with E-state index in [1.165, 1.54) is 18.2 Å². The first-order valence-corrected chi connectivity index (χ1v) is 6.38. The van der Waals surface area contributed by atoms with Crippen LogP contribution in [-0.2, 0) is 9.53 Å². The minimum Gasteiger partial charge on any atom is -0.504 e. The molecule has 6 heteroatoms. The van der Waals surface area contributed by atoms with Gasteiger partial charge in [-0.2, -0.15) is 0 Å². The van der Waals surface area contributed by atoms with E-state index in [4.69, 9.17) is 4.74 Å². The van der Waals surface area contributed by atoms with E-state index in [1.807, 2.05) is 6.07 Å². The normalized spacial score (nSPS) is 15.7. The Bertz CT molecular complexity index is 809. The fourth-order valence-corrected chi connectivity index (χ4v) is 1.96. The number of hydrogen-bond acceptors (Lipinski definition) is 6. The largest absolute Gasteiger partial charge is 0.504 e. The van der Waals surface area contributed by atoms with Crippen molar-refractivity contribution in [3.63, 3.8) is 0 Å². The molecular weight excluding hydrogens is 286 g/mol. The Morgan fingerprint density at radius 2 is 1.68 bits per heavy atom. The van der Waals surface area contributed by atoms with Gasteiger partial charge < -0.3 is 20.1 Å². The molecule has 0 fully saturated rings. The van der Waals surface area contributed by atoms with E-state index in [1.54, 1.807) is 24.3 Å². The second-order valence-corrected chi connectivity index (χ2v) is 4.57. The van der Waals surface area contributed by atoms with Crippen molar-refractivity contribution in [1.82, 2.24) is 0 Å². The van der Waals surface area contributed by atoms with Crippen LogP contribution in [0.4, 0.5) is 0 Å². The lowest BCUT2D eigenvalue weighted by Crippen LogP contribution is -2.04. The molecule has 22 heavy (non-hydrogen) atoms. The molecule has 1 aliphatic rings. The molecule has 3 N–H and O–H groups in total. The van der Waals surface area contributed by atoms with Gasteiger partial charge in [-0.25, -0.2) is 9.79 Å². The second kappa shape index (κ2) is 5.25. The van der Waals surface area contributed by atoms with E-state index in [0.29, 0.717) is 5.56 Å². The van der Waals surface area contributed by atoms with E-state index >= 15 is 0 Å². The first-order valence-electron chi connectivity index (χ1n) is 6.38. The highest BCUT2D eigenvalue weighted by Crippen LogP contribution is 2.38. The lowest BCUT2D eigenvalue weighted by Gasteiger charge is -2.03. The Morgan fingerprint density at radius 1 is 0.955 bits per heavy atom. The van der Waals surface area contributed by atoms with Gasteiger partial charge in [0.15, 0.2) is 17.2 Å². The molecule has 0 unspecified atom stereocenters. The van der Waals surface area contributed by atoms with Crippen LogP contribution in [0.25, 0.3) is 6.08 Å². The highest BCUT2D eigenvalue weighted by atomic mass is 16.6. The van der Waals surface area contributed by atoms with Crippen LogP contribution in [0.2, 0.25) is 0 Å². The maximum absolute atomic E-state index is 11.8. The van der Waals surface area contributed by atoms with E-state index in [9.17, 15) is 20.1 Å². The number of phenols is 3. The predicted molar refractivity (Wildman–Crippen MR) is 78.5 cm³/mol. The molecule has 3 rings (SSSR count). The molecule has 0 spiro atoms. The van der Waals surface area contributed by atoms with E-state index < -0.39 is 23.2 Å². The molecule has 0 amide bonds. The van der Waals surface area contributed by atoms with Crippen LogP contribution in [0, 0.1) is 0 Å². The summed E-state index contributed by atoms with van der Waals surface area (Å²) in [5.41, 5.74) is 0.775. The summed E-state index contributed by atoms with van der Waals surface area (Å²) < 4.78 is 5.08. The Balaban J connectivity index is 2.00. The number of esters is 1. The molecule has 0 bridgehead atoms. The molecule has 0 saturated carbocycles. The van der Waals surface area contributed by atoms with Crippen molar-refractivity contribution in [3.05, 3.63) is 59.3 Å².